The SMILES string of the molecule is Cc1cc(C)c(CN)c(N(C)CCc2ccccn2)n1. The Bertz CT molecular complexity index is 566. The van der Waals surface area contributed by atoms with Crippen LogP contribution in [0.15, 0.2) is 30.5 Å². The van der Waals surface area contributed by atoms with E-state index >= 15 is 0 Å². The Labute approximate surface area is 120 Å². The Morgan fingerprint density at radius 1 is 1.25 bits per heavy atom. The Kier molecular flexibility index (Phi) is 4.69. The number of hydrogen-bond acceptors (Lipinski definition) is 4. The van der Waals surface area contributed by atoms with E-state index in [2.05, 4.69) is 34.9 Å². The van der Waals surface area contributed by atoms with E-state index in [0.29, 0.717) is 6.54 Å². The topological polar surface area (TPSA) is 55.0 Å². The second-order valence-electron chi connectivity index (χ2n) is 5.08. The van der Waals surface area contributed by atoms with Crippen LogP contribution in [0, 0.1) is 13.8 Å². The van der Waals surface area contributed by atoms with Gasteiger partial charge in [-0.1, -0.05) is 6.07 Å². The van der Waals surface area contributed by atoms with Gasteiger partial charge >= 0.3 is 0 Å². The molecule has 2 heterocycles. The Morgan fingerprint density at radius 2 is 2.05 bits per heavy atom. The number of hydrogen-bond donors (Lipinski definition) is 1. The third-order valence-corrected chi connectivity index (χ3v) is 3.45. The molecule has 0 saturated heterocycles. The molecular formula is C16H22N4. The van der Waals surface area contributed by atoms with E-state index < -0.39 is 0 Å². The van der Waals surface area contributed by atoms with Crippen molar-refractivity contribution < 1.29 is 0 Å². The van der Waals surface area contributed by atoms with Crippen molar-refractivity contribution in [1.82, 2.24) is 9.97 Å². The molecule has 20 heavy (non-hydrogen) atoms. The molecule has 0 saturated carbocycles. The van der Waals surface area contributed by atoms with E-state index in [-0.39, 0.29) is 0 Å². The summed E-state index contributed by atoms with van der Waals surface area (Å²) in [6.07, 6.45) is 2.73. The van der Waals surface area contributed by atoms with Crippen LogP contribution >= 0.6 is 0 Å². The minimum atomic E-state index is 0.516. The second kappa shape index (κ2) is 6.48. The van der Waals surface area contributed by atoms with E-state index in [0.717, 1.165) is 35.7 Å². The van der Waals surface area contributed by atoms with Crippen molar-refractivity contribution in [3.05, 3.63) is 53.0 Å². The minimum Gasteiger partial charge on any atom is -0.359 e. The normalized spacial score (nSPS) is 10.6. The van der Waals surface area contributed by atoms with Crippen LogP contribution in [0.25, 0.3) is 0 Å². The third kappa shape index (κ3) is 3.33. The molecule has 0 unspecified atom stereocenters. The largest absolute Gasteiger partial charge is 0.359 e. The molecule has 0 aliphatic heterocycles. The molecule has 4 heteroatoms. The third-order valence-electron chi connectivity index (χ3n) is 3.45. The lowest BCUT2D eigenvalue weighted by Crippen LogP contribution is -2.24. The zero-order valence-corrected chi connectivity index (χ0v) is 12.4. The molecule has 0 fully saturated rings. The van der Waals surface area contributed by atoms with Gasteiger partial charge in [0, 0.05) is 49.7 Å². The van der Waals surface area contributed by atoms with Gasteiger partial charge in [-0.25, -0.2) is 4.98 Å². The van der Waals surface area contributed by atoms with Gasteiger partial charge in [0.25, 0.3) is 0 Å². The average molecular weight is 270 g/mol. The first-order valence-electron chi connectivity index (χ1n) is 6.90. The van der Waals surface area contributed by atoms with Gasteiger partial charge in [-0.2, -0.15) is 0 Å². The maximum Gasteiger partial charge on any atom is 0.133 e. The highest BCUT2D eigenvalue weighted by molar-refractivity contribution is 5.51. The molecule has 0 bridgehead atoms. The molecule has 0 spiro atoms. The maximum atomic E-state index is 5.87. The Hall–Kier alpha value is -1.94. The van der Waals surface area contributed by atoms with Gasteiger partial charge in [-0.3, -0.25) is 4.98 Å². The summed E-state index contributed by atoms with van der Waals surface area (Å²) >= 11 is 0. The van der Waals surface area contributed by atoms with E-state index in [1.54, 1.807) is 0 Å². The predicted octanol–water partition coefficient (Wildman–Crippen LogP) is 2.23. The highest BCUT2D eigenvalue weighted by Crippen LogP contribution is 2.21. The summed E-state index contributed by atoms with van der Waals surface area (Å²) in [5, 5.41) is 0. The fourth-order valence-corrected chi connectivity index (χ4v) is 2.35. The summed E-state index contributed by atoms with van der Waals surface area (Å²) in [6.45, 7) is 5.50. The molecule has 0 amide bonds. The number of rotatable bonds is 5. The maximum absolute atomic E-state index is 5.87. The minimum absolute atomic E-state index is 0.516. The first kappa shape index (κ1) is 14.5. The predicted molar refractivity (Wildman–Crippen MR) is 82.8 cm³/mol. The Morgan fingerprint density at radius 3 is 2.70 bits per heavy atom. The van der Waals surface area contributed by atoms with Crippen LogP contribution in [0.1, 0.15) is 22.5 Å². The van der Waals surface area contributed by atoms with Gasteiger partial charge in [0.05, 0.1) is 0 Å². The van der Waals surface area contributed by atoms with Crippen LogP contribution in [0.2, 0.25) is 0 Å². The summed E-state index contributed by atoms with van der Waals surface area (Å²) in [4.78, 5) is 11.2. The fourth-order valence-electron chi connectivity index (χ4n) is 2.35. The summed E-state index contributed by atoms with van der Waals surface area (Å²) in [6, 6.07) is 8.08. The average Bonchev–Trinajstić information content (AvgIpc) is 2.45. The zero-order valence-electron chi connectivity index (χ0n) is 12.4. The molecule has 2 aromatic rings. The molecule has 0 aliphatic rings. The van der Waals surface area contributed by atoms with Crippen LogP contribution in [0.5, 0.6) is 0 Å². The molecular weight excluding hydrogens is 248 g/mol. The molecule has 2 N–H and O–H groups in total. The summed E-state index contributed by atoms with van der Waals surface area (Å²) in [5.41, 5.74) is 10.3. The molecule has 0 aliphatic carbocycles. The molecule has 4 nitrogen and oxygen atoms in total. The lowest BCUT2D eigenvalue weighted by Gasteiger charge is -2.22. The standard InChI is InChI=1S/C16H22N4/c1-12-10-13(2)19-16(15(12)11-17)20(3)9-7-14-6-4-5-8-18-14/h4-6,8,10H,7,9,11,17H2,1-3H3. The van der Waals surface area contributed by atoms with Crippen LogP contribution in [0.3, 0.4) is 0 Å². The number of anilines is 1. The number of nitrogens with zero attached hydrogens (tertiary/aromatic N) is 3. The van der Waals surface area contributed by atoms with Crippen molar-refractivity contribution >= 4 is 5.82 Å². The van der Waals surface area contributed by atoms with Gasteiger partial charge in [-0.15, -0.1) is 0 Å². The second-order valence-corrected chi connectivity index (χ2v) is 5.08. The van der Waals surface area contributed by atoms with E-state index in [4.69, 9.17) is 5.73 Å². The summed E-state index contributed by atoms with van der Waals surface area (Å²) in [7, 11) is 2.06. The molecule has 0 aromatic carbocycles. The lowest BCUT2D eigenvalue weighted by atomic mass is 10.1. The van der Waals surface area contributed by atoms with Crippen LogP contribution in [0.4, 0.5) is 5.82 Å². The highest BCUT2D eigenvalue weighted by atomic mass is 15.2. The van der Waals surface area contributed by atoms with Crippen LogP contribution in [-0.4, -0.2) is 23.6 Å². The lowest BCUT2D eigenvalue weighted by molar-refractivity contribution is 0.823. The van der Waals surface area contributed by atoms with Gasteiger partial charge in [0.15, 0.2) is 0 Å². The van der Waals surface area contributed by atoms with Gasteiger partial charge in [0.1, 0.15) is 5.82 Å². The van der Waals surface area contributed by atoms with E-state index in [1.165, 1.54) is 5.56 Å². The fraction of sp³-hybridized carbons (Fsp3) is 0.375. The highest BCUT2D eigenvalue weighted by Gasteiger charge is 2.11. The van der Waals surface area contributed by atoms with Crippen molar-refractivity contribution in [2.75, 3.05) is 18.5 Å². The number of aromatic nitrogens is 2. The van der Waals surface area contributed by atoms with Crippen LogP contribution < -0.4 is 10.6 Å². The molecule has 0 atom stereocenters. The number of aryl methyl sites for hydroxylation is 2. The first-order valence-corrected chi connectivity index (χ1v) is 6.90. The van der Waals surface area contributed by atoms with Crippen molar-refractivity contribution in [3.8, 4) is 0 Å². The quantitative estimate of drug-likeness (QED) is 0.905. The van der Waals surface area contributed by atoms with E-state index in [1.807, 2.05) is 31.3 Å². The number of likely N-dealkylation sites (N-methyl/N-ethyl adjacent to an activating group) is 1. The summed E-state index contributed by atoms with van der Waals surface area (Å²) in [5.74, 6) is 0.987. The molecule has 106 valence electrons. The van der Waals surface area contributed by atoms with Crippen molar-refractivity contribution in [2.45, 2.75) is 26.8 Å². The molecule has 0 radical (unpaired) electrons. The zero-order chi connectivity index (χ0) is 14.5. The van der Waals surface area contributed by atoms with Crippen molar-refractivity contribution in [3.63, 3.8) is 0 Å². The molecule has 2 aromatic heterocycles. The van der Waals surface area contributed by atoms with Gasteiger partial charge in [-0.05, 0) is 37.6 Å². The Balaban J connectivity index is 2.14. The van der Waals surface area contributed by atoms with Crippen molar-refractivity contribution in [2.24, 2.45) is 5.73 Å². The monoisotopic (exact) mass is 270 g/mol. The van der Waals surface area contributed by atoms with Gasteiger partial charge in [0.2, 0.25) is 0 Å². The smallest absolute Gasteiger partial charge is 0.133 e. The van der Waals surface area contributed by atoms with Crippen molar-refractivity contribution in [1.29, 1.82) is 0 Å². The number of pyridine rings is 2. The first-order chi connectivity index (χ1) is 9.61. The molecule has 2 rings (SSSR count). The number of nitrogens with two attached hydrogens (primary N) is 1. The van der Waals surface area contributed by atoms with Crippen LogP contribution in [-0.2, 0) is 13.0 Å². The van der Waals surface area contributed by atoms with Gasteiger partial charge < -0.3 is 10.6 Å². The van der Waals surface area contributed by atoms with E-state index in [9.17, 15) is 0 Å². The summed E-state index contributed by atoms with van der Waals surface area (Å²) < 4.78 is 0.